The maximum Gasteiger partial charge on any atom is 0.257 e. The number of hydrogen-bond donors (Lipinski definition) is 2. The van der Waals surface area contributed by atoms with Crippen molar-refractivity contribution in [1.82, 2.24) is 25.0 Å². The third kappa shape index (κ3) is 4.98. The Kier molecular flexibility index (Phi) is 6.30. The highest BCUT2D eigenvalue weighted by molar-refractivity contribution is 6.04. The maximum atomic E-state index is 12.4. The minimum absolute atomic E-state index is 0.243. The van der Waals surface area contributed by atoms with Gasteiger partial charge in [0.25, 0.3) is 5.91 Å². The van der Waals surface area contributed by atoms with Crippen LogP contribution < -0.4 is 15.4 Å². The van der Waals surface area contributed by atoms with Crippen molar-refractivity contribution in [3.05, 3.63) is 77.2 Å². The first kappa shape index (κ1) is 21.9. The predicted octanol–water partition coefficient (Wildman–Crippen LogP) is 4.38. The standard InChI is InChI=1S/C24H25N7O2/c1-5-33-23-13-6-18(14-25-23)24(32)27-20-9-7-19(8-10-20)26-21-11-12-22(29-28-21)31-17(4)15(2)16(3)30-31/h6-14H,5H2,1-4H3,(H,26,28)(H,27,32). The van der Waals surface area contributed by atoms with E-state index >= 15 is 0 Å². The van der Waals surface area contributed by atoms with Crippen molar-refractivity contribution in [2.24, 2.45) is 0 Å². The third-order valence-electron chi connectivity index (χ3n) is 5.23. The third-order valence-corrected chi connectivity index (χ3v) is 5.23. The van der Waals surface area contributed by atoms with Gasteiger partial charge in [-0.15, -0.1) is 10.2 Å². The van der Waals surface area contributed by atoms with Gasteiger partial charge in [0.1, 0.15) is 0 Å². The predicted molar refractivity (Wildman–Crippen MR) is 126 cm³/mol. The number of ether oxygens (including phenoxy) is 1. The van der Waals surface area contributed by atoms with Gasteiger partial charge < -0.3 is 15.4 Å². The lowest BCUT2D eigenvalue weighted by atomic mass is 10.2. The summed E-state index contributed by atoms with van der Waals surface area (Å²) >= 11 is 0. The van der Waals surface area contributed by atoms with Crippen LogP contribution in [0, 0.1) is 20.8 Å². The van der Waals surface area contributed by atoms with Crippen molar-refractivity contribution in [3.63, 3.8) is 0 Å². The highest BCUT2D eigenvalue weighted by Crippen LogP contribution is 2.20. The fourth-order valence-electron chi connectivity index (χ4n) is 3.18. The van der Waals surface area contributed by atoms with E-state index in [4.69, 9.17) is 4.74 Å². The summed E-state index contributed by atoms with van der Waals surface area (Å²) in [5.41, 5.74) is 5.10. The molecule has 0 fully saturated rings. The molecule has 0 aliphatic carbocycles. The van der Waals surface area contributed by atoms with E-state index in [1.807, 2.05) is 64.1 Å². The molecule has 1 amide bonds. The van der Waals surface area contributed by atoms with E-state index in [0.717, 1.165) is 22.6 Å². The maximum absolute atomic E-state index is 12.4. The van der Waals surface area contributed by atoms with Crippen molar-refractivity contribution >= 4 is 23.1 Å². The lowest BCUT2D eigenvalue weighted by molar-refractivity contribution is 0.102. The van der Waals surface area contributed by atoms with Crippen LogP contribution in [0.5, 0.6) is 5.88 Å². The topological polar surface area (TPSA) is 107 Å². The van der Waals surface area contributed by atoms with Crippen LogP contribution in [-0.4, -0.2) is 37.5 Å². The normalized spacial score (nSPS) is 10.7. The second-order valence-electron chi connectivity index (χ2n) is 7.46. The molecule has 3 heterocycles. The molecule has 0 bridgehead atoms. The molecule has 0 saturated heterocycles. The second kappa shape index (κ2) is 9.47. The van der Waals surface area contributed by atoms with Crippen LogP contribution >= 0.6 is 0 Å². The fourth-order valence-corrected chi connectivity index (χ4v) is 3.18. The van der Waals surface area contributed by atoms with Gasteiger partial charge >= 0.3 is 0 Å². The fraction of sp³-hybridized carbons (Fsp3) is 0.208. The van der Waals surface area contributed by atoms with Gasteiger partial charge in [0.2, 0.25) is 5.88 Å². The van der Waals surface area contributed by atoms with Crippen LogP contribution in [0.2, 0.25) is 0 Å². The van der Waals surface area contributed by atoms with Crippen LogP contribution in [0.1, 0.15) is 34.2 Å². The van der Waals surface area contributed by atoms with Crippen LogP contribution in [0.3, 0.4) is 0 Å². The summed E-state index contributed by atoms with van der Waals surface area (Å²) in [5.74, 6) is 1.52. The molecule has 9 heteroatoms. The Morgan fingerprint density at radius 3 is 2.30 bits per heavy atom. The number of anilines is 3. The van der Waals surface area contributed by atoms with Gasteiger partial charge in [-0.2, -0.15) is 5.10 Å². The summed E-state index contributed by atoms with van der Waals surface area (Å²) in [7, 11) is 0. The van der Waals surface area contributed by atoms with Gasteiger partial charge in [0, 0.05) is 29.3 Å². The molecule has 0 saturated carbocycles. The Hall–Kier alpha value is -4.27. The number of carbonyl (C=O) groups is 1. The van der Waals surface area contributed by atoms with Crippen molar-refractivity contribution in [1.29, 1.82) is 0 Å². The number of carbonyl (C=O) groups excluding carboxylic acids is 1. The van der Waals surface area contributed by atoms with E-state index in [-0.39, 0.29) is 5.91 Å². The minimum Gasteiger partial charge on any atom is -0.478 e. The summed E-state index contributed by atoms with van der Waals surface area (Å²) in [5, 5.41) is 19.1. The Balaban J connectivity index is 1.38. The molecule has 3 aromatic heterocycles. The first-order chi connectivity index (χ1) is 15.9. The lowest BCUT2D eigenvalue weighted by Gasteiger charge is -2.09. The van der Waals surface area contributed by atoms with Crippen molar-refractivity contribution < 1.29 is 9.53 Å². The van der Waals surface area contributed by atoms with Gasteiger partial charge in [-0.05, 0) is 75.7 Å². The molecule has 0 aliphatic rings. The summed E-state index contributed by atoms with van der Waals surface area (Å²) in [6, 6.07) is 14.4. The van der Waals surface area contributed by atoms with Crippen molar-refractivity contribution in [2.75, 3.05) is 17.2 Å². The zero-order valence-electron chi connectivity index (χ0n) is 19.0. The Labute approximate surface area is 191 Å². The molecule has 168 valence electrons. The number of hydrogen-bond acceptors (Lipinski definition) is 7. The molecule has 9 nitrogen and oxygen atoms in total. The number of benzene rings is 1. The molecule has 0 atom stereocenters. The van der Waals surface area contributed by atoms with E-state index in [0.29, 0.717) is 35.4 Å². The van der Waals surface area contributed by atoms with E-state index in [2.05, 4.69) is 30.9 Å². The Morgan fingerprint density at radius 1 is 0.970 bits per heavy atom. The molecule has 0 radical (unpaired) electrons. The number of nitrogens with zero attached hydrogens (tertiary/aromatic N) is 5. The first-order valence-corrected chi connectivity index (χ1v) is 10.6. The van der Waals surface area contributed by atoms with Crippen LogP contribution in [0.25, 0.3) is 5.82 Å². The smallest absolute Gasteiger partial charge is 0.257 e. The van der Waals surface area contributed by atoms with Crippen LogP contribution in [0.15, 0.2) is 54.7 Å². The lowest BCUT2D eigenvalue weighted by Crippen LogP contribution is -2.12. The number of nitrogens with one attached hydrogen (secondary N) is 2. The van der Waals surface area contributed by atoms with Gasteiger partial charge in [0.15, 0.2) is 11.6 Å². The van der Waals surface area contributed by atoms with E-state index in [9.17, 15) is 4.79 Å². The minimum atomic E-state index is -0.243. The van der Waals surface area contributed by atoms with Gasteiger partial charge in [-0.1, -0.05) is 0 Å². The zero-order valence-corrected chi connectivity index (χ0v) is 19.0. The molecule has 2 N–H and O–H groups in total. The molecular formula is C24H25N7O2. The molecule has 4 aromatic rings. The highest BCUT2D eigenvalue weighted by Gasteiger charge is 2.11. The van der Waals surface area contributed by atoms with E-state index in [1.165, 1.54) is 6.20 Å². The van der Waals surface area contributed by atoms with Gasteiger partial charge in [-0.25, -0.2) is 9.67 Å². The Bertz CT molecular complexity index is 1250. The largest absolute Gasteiger partial charge is 0.478 e. The number of amides is 1. The average Bonchev–Trinajstić information content (AvgIpc) is 3.09. The van der Waals surface area contributed by atoms with E-state index in [1.54, 1.807) is 16.8 Å². The summed E-state index contributed by atoms with van der Waals surface area (Å²) < 4.78 is 7.09. The van der Waals surface area contributed by atoms with Gasteiger partial charge in [-0.3, -0.25) is 4.79 Å². The number of aryl methyl sites for hydroxylation is 1. The molecule has 0 unspecified atom stereocenters. The summed E-state index contributed by atoms with van der Waals surface area (Å²) in [6.07, 6.45) is 1.49. The van der Waals surface area contributed by atoms with Crippen LogP contribution in [0.4, 0.5) is 17.2 Å². The second-order valence-corrected chi connectivity index (χ2v) is 7.46. The average molecular weight is 444 g/mol. The molecule has 0 aliphatic heterocycles. The molecule has 33 heavy (non-hydrogen) atoms. The van der Waals surface area contributed by atoms with Crippen LogP contribution in [-0.2, 0) is 0 Å². The van der Waals surface area contributed by atoms with Gasteiger partial charge in [0.05, 0.1) is 17.9 Å². The van der Waals surface area contributed by atoms with Crippen molar-refractivity contribution in [3.8, 4) is 11.7 Å². The number of pyridine rings is 1. The van der Waals surface area contributed by atoms with Crippen molar-refractivity contribution in [2.45, 2.75) is 27.7 Å². The molecule has 0 spiro atoms. The summed E-state index contributed by atoms with van der Waals surface area (Å²) in [4.78, 5) is 16.5. The zero-order chi connectivity index (χ0) is 23.4. The quantitative estimate of drug-likeness (QED) is 0.436. The number of rotatable bonds is 7. The monoisotopic (exact) mass is 443 g/mol. The van der Waals surface area contributed by atoms with E-state index < -0.39 is 0 Å². The summed E-state index contributed by atoms with van der Waals surface area (Å²) in [6.45, 7) is 8.43. The SMILES string of the molecule is CCOc1ccc(C(=O)Nc2ccc(Nc3ccc(-n4nc(C)c(C)c4C)nn3)cc2)cn1. The first-order valence-electron chi connectivity index (χ1n) is 10.6. The molecule has 1 aromatic carbocycles. The Morgan fingerprint density at radius 2 is 1.73 bits per heavy atom. The molecule has 4 rings (SSSR count). The molecular weight excluding hydrogens is 418 g/mol. The number of aromatic nitrogens is 5. The highest BCUT2D eigenvalue weighted by atomic mass is 16.5.